The smallest absolute Gasteiger partial charge is 0.0319 e. The first-order valence-corrected chi connectivity index (χ1v) is 3.27. The number of aliphatic hydroxyl groups is 1. The Hall–Kier alpha value is -0.820. The van der Waals surface area contributed by atoms with E-state index >= 15 is 0 Å². The first-order chi connectivity index (χ1) is 4.79. The third-order valence-corrected chi connectivity index (χ3v) is 1.22. The number of benzene rings is 1. The van der Waals surface area contributed by atoms with E-state index < -0.39 is 0 Å². The Balaban J connectivity index is 0. The van der Waals surface area contributed by atoms with E-state index in [1.165, 1.54) is 11.1 Å². The predicted molar refractivity (Wildman–Crippen MR) is 46.2 cm³/mol. The summed E-state index contributed by atoms with van der Waals surface area (Å²) in [5.74, 6) is 0. The van der Waals surface area contributed by atoms with Crippen LogP contribution in [0.2, 0.25) is 0 Å². The van der Waals surface area contributed by atoms with Crippen LogP contribution in [0.15, 0.2) is 24.3 Å². The van der Waals surface area contributed by atoms with E-state index in [1.807, 2.05) is 0 Å². The molecule has 1 heteroatoms. The van der Waals surface area contributed by atoms with Gasteiger partial charge in [-0.1, -0.05) is 35.4 Å². The van der Waals surface area contributed by atoms with Crippen LogP contribution >= 0.6 is 0 Å². The second-order valence-corrected chi connectivity index (χ2v) is 2.15. The van der Waals surface area contributed by atoms with Gasteiger partial charge in [0.15, 0.2) is 0 Å². The first kappa shape index (κ1) is 9.18. The molecule has 1 N–H and O–H groups in total. The van der Waals surface area contributed by atoms with E-state index in [2.05, 4.69) is 38.1 Å². The van der Waals surface area contributed by atoms with Crippen LogP contribution in [0, 0.1) is 13.8 Å². The Labute approximate surface area is 63.8 Å². The van der Waals surface area contributed by atoms with Crippen LogP contribution in [-0.4, -0.2) is 12.2 Å². The van der Waals surface area contributed by atoms with Gasteiger partial charge in [0.05, 0.1) is 0 Å². The topological polar surface area (TPSA) is 20.2 Å². The molecular formula is C9H16O. The Morgan fingerprint density at radius 2 is 1.10 bits per heavy atom. The maximum atomic E-state index is 7.00. The molecule has 0 aliphatic carbocycles. The maximum Gasteiger partial charge on any atom is 0.0319 e. The van der Waals surface area contributed by atoms with E-state index in [1.54, 1.807) is 0 Å². The van der Waals surface area contributed by atoms with Crippen molar-refractivity contribution in [1.82, 2.24) is 0 Å². The molecule has 0 unspecified atom stereocenters. The van der Waals surface area contributed by atoms with Gasteiger partial charge in [0.2, 0.25) is 0 Å². The molecule has 0 spiro atoms. The minimum atomic E-state index is 0. The van der Waals surface area contributed by atoms with Gasteiger partial charge in [0.1, 0.15) is 0 Å². The van der Waals surface area contributed by atoms with Crippen LogP contribution in [0.25, 0.3) is 0 Å². The Kier molecular flexibility index (Phi) is 4.59. The van der Waals surface area contributed by atoms with Crippen molar-refractivity contribution in [3.8, 4) is 0 Å². The fourth-order valence-electron chi connectivity index (χ4n) is 0.637. The van der Waals surface area contributed by atoms with Gasteiger partial charge >= 0.3 is 0 Å². The highest BCUT2D eigenvalue weighted by Crippen LogP contribution is 1.99. The van der Waals surface area contributed by atoms with Gasteiger partial charge in [0, 0.05) is 8.54 Å². The lowest BCUT2D eigenvalue weighted by molar-refractivity contribution is 0.399. The average molecular weight is 140 g/mol. The summed E-state index contributed by atoms with van der Waals surface area (Å²) in [4.78, 5) is 0. The lowest BCUT2D eigenvalue weighted by Gasteiger charge is -1.90. The molecule has 58 valence electrons. The highest BCUT2D eigenvalue weighted by atomic mass is 16.2. The van der Waals surface area contributed by atoms with Gasteiger partial charge in [-0.25, -0.2) is 0 Å². The van der Waals surface area contributed by atoms with Crippen LogP contribution in [-0.2, 0) is 0 Å². The van der Waals surface area contributed by atoms with Crippen LogP contribution in [0.3, 0.4) is 0 Å². The van der Waals surface area contributed by atoms with E-state index in [-0.39, 0.29) is 1.43 Å². The van der Waals surface area contributed by atoms with Crippen LogP contribution < -0.4 is 0 Å². The van der Waals surface area contributed by atoms with Gasteiger partial charge in [-0.15, -0.1) is 0 Å². The average Bonchev–Trinajstić information content (AvgIpc) is 2.00. The number of rotatable bonds is 0. The maximum absolute atomic E-state index is 7.00. The standard InChI is InChI=1S/C8H10.CH4O.H2/c1-7-3-5-8(2)6-4-7;1-2;/h3-6H,1-2H3;2H,1H3;1H. The van der Waals surface area contributed by atoms with Crippen molar-refractivity contribution in [2.45, 2.75) is 13.8 Å². The highest BCUT2D eigenvalue weighted by molar-refractivity contribution is 5.19. The largest absolute Gasteiger partial charge is 0.400 e. The molecule has 1 rings (SSSR count). The van der Waals surface area contributed by atoms with E-state index in [9.17, 15) is 0 Å². The van der Waals surface area contributed by atoms with Crippen molar-refractivity contribution >= 4 is 0 Å². The Bertz CT molecular complexity index is 148. The number of aryl methyl sites for hydroxylation is 2. The molecular weight excluding hydrogens is 124 g/mol. The molecule has 10 heavy (non-hydrogen) atoms. The van der Waals surface area contributed by atoms with Gasteiger partial charge < -0.3 is 5.11 Å². The second-order valence-electron chi connectivity index (χ2n) is 2.15. The van der Waals surface area contributed by atoms with E-state index in [4.69, 9.17) is 5.11 Å². The summed E-state index contributed by atoms with van der Waals surface area (Å²) >= 11 is 0. The van der Waals surface area contributed by atoms with Crippen molar-refractivity contribution in [3.63, 3.8) is 0 Å². The second kappa shape index (κ2) is 5.00. The van der Waals surface area contributed by atoms with Crippen molar-refractivity contribution < 1.29 is 6.53 Å². The lowest BCUT2D eigenvalue weighted by atomic mass is 10.2. The number of aliphatic hydroxyl groups excluding tert-OH is 1. The van der Waals surface area contributed by atoms with Crippen molar-refractivity contribution in [1.29, 1.82) is 0 Å². The third-order valence-electron chi connectivity index (χ3n) is 1.22. The number of hydrogen-bond acceptors (Lipinski definition) is 1. The molecule has 0 bridgehead atoms. The van der Waals surface area contributed by atoms with Crippen LogP contribution in [0.4, 0.5) is 0 Å². The number of hydrogen-bond donors (Lipinski definition) is 1. The highest BCUT2D eigenvalue weighted by Gasteiger charge is 1.79. The molecule has 0 amide bonds. The molecule has 0 fully saturated rings. The van der Waals surface area contributed by atoms with E-state index in [0.29, 0.717) is 0 Å². The van der Waals surface area contributed by atoms with Crippen molar-refractivity contribution in [2.75, 3.05) is 7.11 Å². The normalized spacial score (nSPS) is 8.00. The summed E-state index contributed by atoms with van der Waals surface area (Å²) in [5.41, 5.74) is 2.66. The summed E-state index contributed by atoms with van der Waals surface area (Å²) < 4.78 is 0. The summed E-state index contributed by atoms with van der Waals surface area (Å²) in [6.07, 6.45) is 0. The SMILES string of the molecule is CO.Cc1ccc(C)cc1.[HH]. The zero-order chi connectivity index (χ0) is 7.98. The molecule has 0 atom stereocenters. The first-order valence-electron chi connectivity index (χ1n) is 3.27. The monoisotopic (exact) mass is 140 g/mol. The van der Waals surface area contributed by atoms with Crippen molar-refractivity contribution in [3.05, 3.63) is 35.4 Å². The molecule has 0 saturated carbocycles. The van der Waals surface area contributed by atoms with Crippen LogP contribution in [0.5, 0.6) is 0 Å². The molecule has 0 radical (unpaired) electrons. The molecule has 1 aromatic rings. The van der Waals surface area contributed by atoms with Crippen molar-refractivity contribution in [2.24, 2.45) is 0 Å². The van der Waals surface area contributed by atoms with Gasteiger partial charge in [0.25, 0.3) is 0 Å². The Morgan fingerprint density at radius 3 is 1.30 bits per heavy atom. The summed E-state index contributed by atoms with van der Waals surface area (Å²) in [6, 6.07) is 8.48. The zero-order valence-corrected chi connectivity index (χ0v) is 6.76. The minimum absolute atomic E-state index is 0. The molecule has 0 aliphatic heterocycles. The summed E-state index contributed by atoms with van der Waals surface area (Å²) in [6.45, 7) is 4.19. The quantitative estimate of drug-likeness (QED) is 0.585. The molecule has 0 saturated heterocycles. The third kappa shape index (κ3) is 3.25. The molecule has 1 nitrogen and oxygen atoms in total. The molecule has 0 aromatic heterocycles. The van der Waals surface area contributed by atoms with Gasteiger partial charge in [-0.2, -0.15) is 0 Å². The molecule has 1 aromatic carbocycles. The fourth-order valence-corrected chi connectivity index (χ4v) is 0.637. The lowest BCUT2D eigenvalue weighted by Crippen LogP contribution is -1.70. The molecule has 0 aliphatic rings. The predicted octanol–water partition coefficient (Wildman–Crippen LogP) is 2.16. The fraction of sp³-hybridized carbons (Fsp3) is 0.333. The summed E-state index contributed by atoms with van der Waals surface area (Å²) in [7, 11) is 1.00. The Morgan fingerprint density at radius 1 is 0.900 bits per heavy atom. The zero-order valence-electron chi connectivity index (χ0n) is 6.76. The van der Waals surface area contributed by atoms with Gasteiger partial charge in [-0.3, -0.25) is 0 Å². The minimum Gasteiger partial charge on any atom is -0.400 e. The van der Waals surface area contributed by atoms with E-state index in [0.717, 1.165) is 7.11 Å². The van der Waals surface area contributed by atoms with Gasteiger partial charge in [-0.05, 0) is 13.8 Å². The summed E-state index contributed by atoms with van der Waals surface area (Å²) in [5, 5.41) is 7.00. The van der Waals surface area contributed by atoms with Crippen LogP contribution in [0.1, 0.15) is 12.6 Å². The molecule has 0 heterocycles.